The summed E-state index contributed by atoms with van der Waals surface area (Å²) in [5.41, 5.74) is 5.01. The molecule has 0 radical (unpaired) electrons. The zero-order valence-electron chi connectivity index (χ0n) is 17.7. The van der Waals surface area contributed by atoms with Crippen LogP contribution in [0.2, 0.25) is 0 Å². The number of carbonyl (C=O) groups is 2. The van der Waals surface area contributed by atoms with E-state index < -0.39 is 29.7 Å². The first-order valence-electron chi connectivity index (χ1n) is 9.46. The minimum atomic E-state index is -4.91. The quantitative estimate of drug-likeness (QED) is 0.557. The van der Waals surface area contributed by atoms with Crippen molar-refractivity contribution in [3.8, 4) is 23.4 Å². The number of nitriles is 1. The van der Waals surface area contributed by atoms with Gasteiger partial charge in [0, 0.05) is 17.3 Å². The highest BCUT2D eigenvalue weighted by Crippen LogP contribution is 2.36. The van der Waals surface area contributed by atoms with Crippen molar-refractivity contribution < 1.29 is 32.2 Å². The SMILES string of the molecule is COc1cc(C#N)ccc1Oc1nc(C(F)(F)F)nc(C)c1C(=O)Nc1cccc(C(N)=O)c1. The Balaban J connectivity index is 2.08. The summed E-state index contributed by atoms with van der Waals surface area (Å²) < 4.78 is 50.7. The number of halogens is 3. The number of alkyl halides is 3. The van der Waals surface area contributed by atoms with Crippen LogP contribution in [-0.4, -0.2) is 28.9 Å². The number of nitrogens with two attached hydrogens (primary N) is 1. The summed E-state index contributed by atoms with van der Waals surface area (Å²) in [4.78, 5) is 31.2. The first-order valence-corrected chi connectivity index (χ1v) is 9.46. The van der Waals surface area contributed by atoms with Crippen LogP contribution < -0.4 is 20.5 Å². The van der Waals surface area contributed by atoms with Crippen LogP contribution in [0.5, 0.6) is 17.4 Å². The van der Waals surface area contributed by atoms with Gasteiger partial charge in [0.05, 0.1) is 24.4 Å². The summed E-state index contributed by atoms with van der Waals surface area (Å²) in [5.74, 6) is -3.88. The lowest BCUT2D eigenvalue weighted by Gasteiger charge is -2.16. The Hall–Kier alpha value is -4.66. The molecule has 9 nitrogen and oxygen atoms in total. The molecule has 0 aliphatic heterocycles. The average molecular weight is 471 g/mol. The minimum absolute atomic E-state index is 0.0318. The second-order valence-electron chi connectivity index (χ2n) is 6.79. The lowest BCUT2D eigenvalue weighted by atomic mass is 10.1. The van der Waals surface area contributed by atoms with E-state index in [0.29, 0.717) is 0 Å². The molecule has 0 spiro atoms. The zero-order chi connectivity index (χ0) is 25.0. The number of aryl methyl sites for hydroxylation is 1. The number of hydrogen-bond donors (Lipinski definition) is 2. The number of anilines is 1. The number of amides is 2. The predicted octanol–water partition coefficient (Wildman–Crippen LogP) is 3.83. The standard InChI is InChI=1S/C22H16F3N5O4/c1-11-17(19(32)29-14-5-3-4-13(9-14)18(27)31)20(30-21(28-11)22(23,24)25)34-15-7-6-12(10-26)8-16(15)33-2/h3-9H,1-2H3,(H2,27,31)(H,29,32). The van der Waals surface area contributed by atoms with Crippen LogP contribution in [0.1, 0.15) is 37.8 Å². The van der Waals surface area contributed by atoms with Gasteiger partial charge < -0.3 is 20.5 Å². The normalized spacial score (nSPS) is 10.8. The van der Waals surface area contributed by atoms with Crippen molar-refractivity contribution in [3.63, 3.8) is 0 Å². The highest BCUT2D eigenvalue weighted by Gasteiger charge is 2.37. The summed E-state index contributed by atoms with van der Waals surface area (Å²) in [6.45, 7) is 1.19. The third kappa shape index (κ3) is 5.21. The fourth-order valence-electron chi connectivity index (χ4n) is 2.88. The highest BCUT2D eigenvalue weighted by molar-refractivity contribution is 6.07. The molecule has 174 valence electrons. The molecule has 3 aromatic rings. The molecule has 3 rings (SSSR count). The molecule has 2 aromatic carbocycles. The molecule has 34 heavy (non-hydrogen) atoms. The third-order valence-electron chi connectivity index (χ3n) is 4.44. The maximum Gasteiger partial charge on any atom is 0.451 e. The smallest absolute Gasteiger partial charge is 0.451 e. The van der Waals surface area contributed by atoms with Crippen LogP contribution >= 0.6 is 0 Å². The van der Waals surface area contributed by atoms with Crippen molar-refractivity contribution in [3.05, 3.63) is 70.7 Å². The first-order chi connectivity index (χ1) is 16.0. The van der Waals surface area contributed by atoms with Crippen molar-refractivity contribution in [2.24, 2.45) is 5.73 Å². The van der Waals surface area contributed by atoms with E-state index in [0.717, 1.165) is 0 Å². The van der Waals surface area contributed by atoms with Crippen molar-refractivity contribution in [1.82, 2.24) is 9.97 Å². The van der Waals surface area contributed by atoms with Crippen molar-refractivity contribution in [2.75, 3.05) is 12.4 Å². The Bertz CT molecular complexity index is 1320. The van der Waals surface area contributed by atoms with Gasteiger partial charge in [-0.3, -0.25) is 9.59 Å². The Kier molecular flexibility index (Phi) is 6.67. The number of benzene rings is 2. The van der Waals surface area contributed by atoms with Crippen LogP contribution in [0.4, 0.5) is 18.9 Å². The molecular formula is C22H16F3N5O4. The fraction of sp³-hybridized carbons (Fsp3) is 0.136. The second-order valence-corrected chi connectivity index (χ2v) is 6.79. The van der Waals surface area contributed by atoms with Gasteiger partial charge in [-0.25, -0.2) is 4.98 Å². The maximum atomic E-state index is 13.3. The highest BCUT2D eigenvalue weighted by atomic mass is 19.4. The van der Waals surface area contributed by atoms with E-state index in [1.807, 2.05) is 6.07 Å². The topological polar surface area (TPSA) is 140 Å². The number of hydrogen-bond acceptors (Lipinski definition) is 7. The van der Waals surface area contributed by atoms with Gasteiger partial charge in [-0.15, -0.1) is 0 Å². The number of methoxy groups -OCH3 is 1. The Morgan fingerprint density at radius 1 is 1.12 bits per heavy atom. The Morgan fingerprint density at radius 3 is 2.47 bits per heavy atom. The molecule has 0 atom stereocenters. The van der Waals surface area contributed by atoms with E-state index in [1.165, 1.54) is 56.5 Å². The molecule has 0 fully saturated rings. The molecule has 0 saturated carbocycles. The van der Waals surface area contributed by atoms with Crippen LogP contribution in [0.25, 0.3) is 0 Å². The van der Waals surface area contributed by atoms with Crippen molar-refractivity contribution in [2.45, 2.75) is 13.1 Å². The molecule has 3 N–H and O–H groups in total. The Labute approximate surface area is 191 Å². The van der Waals surface area contributed by atoms with E-state index in [-0.39, 0.29) is 39.6 Å². The number of nitrogens with zero attached hydrogens (tertiary/aromatic N) is 3. The monoisotopic (exact) mass is 471 g/mol. The lowest BCUT2D eigenvalue weighted by molar-refractivity contribution is -0.145. The van der Waals surface area contributed by atoms with Crippen LogP contribution in [0, 0.1) is 18.3 Å². The van der Waals surface area contributed by atoms with E-state index >= 15 is 0 Å². The number of primary amides is 1. The molecule has 12 heteroatoms. The van der Waals surface area contributed by atoms with Gasteiger partial charge >= 0.3 is 6.18 Å². The van der Waals surface area contributed by atoms with Crippen molar-refractivity contribution in [1.29, 1.82) is 5.26 Å². The van der Waals surface area contributed by atoms with E-state index in [9.17, 15) is 22.8 Å². The molecule has 0 unspecified atom stereocenters. The van der Waals surface area contributed by atoms with Gasteiger partial charge in [-0.1, -0.05) is 6.07 Å². The van der Waals surface area contributed by atoms with Gasteiger partial charge in [0.25, 0.3) is 5.91 Å². The van der Waals surface area contributed by atoms with Crippen LogP contribution in [-0.2, 0) is 6.18 Å². The van der Waals surface area contributed by atoms with Crippen LogP contribution in [0.3, 0.4) is 0 Å². The minimum Gasteiger partial charge on any atom is -0.493 e. The number of ether oxygens (including phenoxy) is 2. The van der Waals surface area contributed by atoms with E-state index in [2.05, 4.69) is 15.3 Å². The fourth-order valence-corrected chi connectivity index (χ4v) is 2.88. The molecule has 1 heterocycles. The van der Waals surface area contributed by atoms with Crippen molar-refractivity contribution >= 4 is 17.5 Å². The first kappa shape index (κ1) is 24.0. The molecule has 0 saturated heterocycles. The van der Waals surface area contributed by atoms with Gasteiger partial charge in [-0.2, -0.15) is 23.4 Å². The third-order valence-corrected chi connectivity index (χ3v) is 4.44. The summed E-state index contributed by atoms with van der Waals surface area (Å²) >= 11 is 0. The van der Waals surface area contributed by atoms with E-state index in [1.54, 1.807) is 0 Å². The maximum absolute atomic E-state index is 13.3. The molecular weight excluding hydrogens is 455 g/mol. The van der Waals surface area contributed by atoms with Gasteiger partial charge in [0.1, 0.15) is 5.56 Å². The number of aromatic nitrogens is 2. The van der Waals surface area contributed by atoms with Crippen LogP contribution in [0.15, 0.2) is 42.5 Å². The molecule has 0 bridgehead atoms. The summed E-state index contributed by atoms with van der Waals surface area (Å²) in [5, 5.41) is 11.5. The summed E-state index contributed by atoms with van der Waals surface area (Å²) in [7, 11) is 1.27. The lowest BCUT2D eigenvalue weighted by Crippen LogP contribution is -2.20. The largest absolute Gasteiger partial charge is 0.493 e. The second kappa shape index (κ2) is 9.45. The zero-order valence-corrected chi connectivity index (χ0v) is 17.7. The average Bonchev–Trinajstić information content (AvgIpc) is 2.78. The Morgan fingerprint density at radius 2 is 1.85 bits per heavy atom. The molecule has 1 aromatic heterocycles. The van der Waals surface area contributed by atoms with Gasteiger partial charge in [0.2, 0.25) is 17.6 Å². The summed E-state index contributed by atoms with van der Waals surface area (Å²) in [6.07, 6.45) is -4.91. The number of carbonyl (C=O) groups excluding carboxylic acids is 2. The number of nitrogens with one attached hydrogen (secondary N) is 1. The van der Waals surface area contributed by atoms with Gasteiger partial charge in [-0.05, 0) is 37.3 Å². The molecule has 2 amide bonds. The van der Waals surface area contributed by atoms with Gasteiger partial charge in [0.15, 0.2) is 11.5 Å². The molecule has 0 aliphatic carbocycles. The predicted molar refractivity (Wildman–Crippen MR) is 112 cm³/mol. The summed E-state index contributed by atoms with van der Waals surface area (Å²) in [6, 6.07) is 11.5. The number of rotatable bonds is 6. The molecule has 0 aliphatic rings. The van der Waals surface area contributed by atoms with E-state index in [4.69, 9.17) is 20.5 Å².